The van der Waals surface area contributed by atoms with Crippen molar-refractivity contribution >= 4 is 58.3 Å². The van der Waals surface area contributed by atoms with Gasteiger partial charge in [-0.2, -0.15) is 5.10 Å². The molecule has 0 saturated carbocycles. The Morgan fingerprint density at radius 1 is 1.45 bits per heavy atom. The number of rotatable bonds is 8. The van der Waals surface area contributed by atoms with Crippen molar-refractivity contribution in [2.45, 2.75) is 35.6 Å². The van der Waals surface area contributed by atoms with Crippen LogP contribution in [0.25, 0.3) is 0 Å². The molecule has 33 heavy (non-hydrogen) atoms. The number of aliphatic carboxylic acids is 1. The van der Waals surface area contributed by atoms with Crippen LogP contribution >= 0.6 is 34.9 Å². The summed E-state index contributed by atoms with van der Waals surface area (Å²) in [4.78, 5) is 48.7. The lowest BCUT2D eigenvalue weighted by Crippen LogP contribution is -2.71. The Balaban J connectivity index is 1.44. The molecule has 4 rings (SSSR count). The molecule has 0 spiro atoms. The minimum atomic E-state index is -1.21. The first-order valence-electron chi connectivity index (χ1n) is 9.49. The fourth-order valence-electron chi connectivity index (χ4n) is 3.31. The first-order chi connectivity index (χ1) is 15.7. The van der Waals surface area contributed by atoms with Crippen molar-refractivity contribution < 1.29 is 24.4 Å². The molecular formula is C17H17N7O6S3. The molecule has 4 heterocycles. The zero-order valence-electron chi connectivity index (χ0n) is 17.2. The van der Waals surface area contributed by atoms with Gasteiger partial charge in [-0.3, -0.25) is 29.3 Å². The van der Waals surface area contributed by atoms with E-state index in [9.17, 15) is 29.6 Å². The van der Waals surface area contributed by atoms with Gasteiger partial charge in [0.2, 0.25) is 5.91 Å². The lowest BCUT2D eigenvalue weighted by molar-refractivity contribution is -0.385. The molecular weight excluding hydrogens is 494 g/mol. The van der Waals surface area contributed by atoms with E-state index >= 15 is 0 Å². The Hall–Kier alpha value is -2.98. The van der Waals surface area contributed by atoms with E-state index < -0.39 is 40.2 Å². The van der Waals surface area contributed by atoms with Crippen molar-refractivity contribution in [1.29, 1.82) is 0 Å². The molecule has 13 nitrogen and oxygen atoms in total. The second kappa shape index (κ2) is 9.11. The second-order valence-corrected chi connectivity index (χ2v) is 10.6. The molecule has 0 radical (unpaired) electrons. The van der Waals surface area contributed by atoms with E-state index in [1.165, 1.54) is 46.7 Å². The van der Waals surface area contributed by atoms with Crippen molar-refractivity contribution in [3.63, 3.8) is 0 Å². The molecule has 1 fully saturated rings. The molecule has 3 unspecified atom stereocenters. The summed E-state index contributed by atoms with van der Waals surface area (Å²) in [6, 6.07) is -1.80. The number of carbonyl (C=O) groups excluding carboxylic acids is 2. The largest absolute Gasteiger partial charge is 0.477 e. The van der Waals surface area contributed by atoms with Gasteiger partial charge in [0.1, 0.15) is 40.6 Å². The summed E-state index contributed by atoms with van der Waals surface area (Å²) in [6.45, 7) is 3.32. The third kappa shape index (κ3) is 4.45. The van der Waals surface area contributed by atoms with Crippen molar-refractivity contribution in [2.24, 2.45) is 0 Å². The van der Waals surface area contributed by atoms with Crippen LogP contribution in [0.5, 0.6) is 0 Å². The lowest BCUT2D eigenvalue weighted by atomic mass is 10.0. The number of nitrogens with zero attached hydrogens (tertiary/aromatic N) is 6. The number of carboxylic acid groups (broad SMARTS) is 1. The Kier molecular flexibility index (Phi) is 6.40. The van der Waals surface area contributed by atoms with Crippen LogP contribution in [0.4, 0.5) is 5.69 Å². The van der Waals surface area contributed by atoms with Crippen LogP contribution in [-0.2, 0) is 14.4 Å². The maximum absolute atomic E-state index is 12.8. The number of aryl methyl sites for hydroxylation is 1. The normalized spacial score (nSPS) is 20.8. The lowest BCUT2D eigenvalue weighted by Gasteiger charge is -2.49. The van der Waals surface area contributed by atoms with Crippen LogP contribution in [0.15, 0.2) is 28.0 Å². The molecule has 0 aliphatic carbocycles. The van der Waals surface area contributed by atoms with Crippen LogP contribution in [-0.4, -0.2) is 75.6 Å². The van der Waals surface area contributed by atoms with Crippen LogP contribution in [0, 0.1) is 17.0 Å². The van der Waals surface area contributed by atoms with E-state index in [4.69, 9.17) is 0 Å². The number of hydrogen-bond acceptors (Lipinski definition) is 11. The molecule has 0 bridgehead atoms. The number of nitro groups is 1. The van der Waals surface area contributed by atoms with Gasteiger partial charge >= 0.3 is 11.7 Å². The monoisotopic (exact) mass is 511 g/mol. The fraction of sp³-hybridized carbons (Fsp3) is 0.412. The van der Waals surface area contributed by atoms with E-state index in [2.05, 4.69) is 20.6 Å². The van der Waals surface area contributed by atoms with Gasteiger partial charge in [-0.15, -0.1) is 22.0 Å². The minimum Gasteiger partial charge on any atom is -0.477 e. The summed E-state index contributed by atoms with van der Waals surface area (Å²) in [7, 11) is 0. The second-order valence-electron chi connectivity index (χ2n) is 7.14. The van der Waals surface area contributed by atoms with Gasteiger partial charge in [-0.25, -0.2) is 4.79 Å². The quantitative estimate of drug-likeness (QED) is 0.224. The summed E-state index contributed by atoms with van der Waals surface area (Å²) in [5, 5.41) is 35.2. The highest BCUT2D eigenvalue weighted by atomic mass is 32.2. The van der Waals surface area contributed by atoms with Gasteiger partial charge in [0.05, 0.1) is 4.92 Å². The summed E-state index contributed by atoms with van der Waals surface area (Å²) >= 11 is 4.13. The number of carboxylic acids is 1. The summed E-state index contributed by atoms with van der Waals surface area (Å²) in [5.41, 5.74) is 0.268. The smallest absolute Gasteiger partial charge is 0.352 e. The molecule has 2 aromatic heterocycles. The predicted molar refractivity (Wildman–Crippen MR) is 119 cm³/mol. The Labute approximate surface area is 198 Å². The van der Waals surface area contributed by atoms with Crippen LogP contribution in [0.1, 0.15) is 18.0 Å². The molecule has 16 heteroatoms. The number of thioether (sulfide) groups is 2. The number of nitrogens with one attached hydrogen (secondary N) is 1. The summed E-state index contributed by atoms with van der Waals surface area (Å²) in [6.07, 6.45) is 2.16. The third-order valence-electron chi connectivity index (χ3n) is 5.00. The average Bonchev–Trinajstić information content (AvgIpc) is 3.43. The predicted octanol–water partition coefficient (Wildman–Crippen LogP) is 1.04. The van der Waals surface area contributed by atoms with Crippen molar-refractivity contribution in [3.8, 4) is 0 Å². The molecule has 2 N–H and O–H groups in total. The van der Waals surface area contributed by atoms with Crippen LogP contribution in [0.2, 0.25) is 0 Å². The van der Waals surface area contributed by atoms with E-state index in [1.54, 1.807) is 0 Å². The van der Waals surface area contributed by atoms with E-state index in [1.807, 2.05) is 6.92 Å². The highest BCUT2D eigenvalue weighted by Crippen LogP contribution is 2.41. The highest BCUT2D eigenvalue weighted by molar-refractivity contribution is 8.01. The molecule has 2 aliphatic heterocycles. The zero-order valence-corrected chi connectivity index (χ0v) is 19.6. The molecule has 174 valence electrons. The van der Waals surface area contributed by atoms with E-state index in [0.29, 0.717) is 21.4 Å². The Morgan fingerprint density at radius 2 is 2.21 bits per heavy atom. The highest BCUT2D eigenvalue weighted by Gasteiger charge is 2.54. The van der Waals surface area contributed by atoms with Crippen molar-refractivity contribution in [3.05, 3.63) is 38.8 Å². The third-order valence-corrected chi connectivity index (χ3v) is 8.40. The van der Waals surface area contributed by atoms with Gasteiger partial charge in [-0.05, 0) is 19.4 Å². The average molecular weight is 512 g/mol. The Morgan fingerprint density at radius 3 is 2.82 bits per heavy atom. The first-order valence-corrected chi connectivity index (χ1v) is 12.3. The molecule has 2 aliphatic rings. The van der Waals surface area contributed by atoms with Gasteiger partial charge in [0, 0.05) is 11.5 Å². The van der Waals surface area contributed by atoms with E-state index in [-0.39, 0.29) is 11.4 Å². The number of hydrogen-bond donors (Lipinski definition) is 2. The van der Waals surface area contributed by atoms with Crippen molar-refractivity contribution in [1.82, 2.24) is 30.2 Å². The van der Waals surface area contributed by atoms with Gasteiger partial charge in [0.25, 0.3) is 5.91 Å². The zero-order chi connectivity index (χ0) is 23.9. The van der Waals surface area contributed by atoms with Gasteiger partial charge in [-0.1, -0.05) is 23.1 Å². The van der Waals surface area contributed by atoms with Crippen LogP contribution < -0.4 is 5.32 Å². The molecule has 3 atom stereocenters. The SMILES string of the molecule is Cc1nnc(SCC2=C(C(=O)O)N3C(=O)C(NC(=O)C(C)n4cc([N+](=O)[O-])cn4)C3SC2)s1. The van der Waals surface area contributed by atoms with Gasteiger partial charge in [0.15, 0.2) is 4.34 Å². The molecule has 0 aromatic carbocycles. The number of carbonyl (C=O) groups is 3. The molecule has 2 aromatic rings. The minimum absolute atomic E-state index is 0.0706. The molecule has 2 amide bonds. The summed E-state index contributed by atoms with van der Waals surface area (Å²) < 4.78 is 1.85. The number of amides is 2. The summed E-state index contributed by atoms with van der Waals surface area (Å²) in [5.74, 6) is -1.55. The topological polar surface area (TPSA) is 173 Å². The van der Waals surface area contributed by atoms with Crippen LogP contribution in [0.3, 0.4) is 0 Å². The number of fused-ring (bicyclic) bond motifs is 1. The fourth-order valence-corrected chi connectivity index (χ4v) is 6.61. The first kappa shape index (κ1) is 23.2. The maximum atomic E-state index is 12.8. The molecule has 1 saturated heterocycles. The number of β-lactam (4-membered cyclic amide) rings is 1. The van der Waals surface area contributed by atoms with E-state index in [0.717, 1.165) is 22.1 Å². The number of aromatic nitrogens is 4. The van der Waals surface area contributed by atoms with Gasteiger partial charge < -0.3 is 10.4 Å². The van der Waals surface area contributed by atoms with Crippen molar-refractivity contribution in [2.75, 3.05) is 11.5 Å². The standard InChI is InChI=1S/C17H17N7O6S3/c1-7(22-4-10(3-18-22)24(29)30)13(25)19-11-14(26)23-12(16(27)28)9(5-31-15(11)23)6-32-17-21-20-8(2)33-17/h3-4,7,11,15H,5-6H2,1-2H3,(H,19,25)(H,27,28). The maximum Gasteiger partial charge on any atom is 0.352 e. The Bertz CT molecular complexity index is 1180.